The van der Waals surface area contributed by atoms with Crippen molar-refractivity contribution in [3.8, 4) is 11.5 Å². The summed E-state index contributed by atoms with van der Waals surface area (Å²) >= 11 is 12.4. The van der Waals surface area contributed by atoms with Gasteiger partial charge in [-0.25, -0.2) is 0 Å². The van der Waals surface area contributed by atoms with E-state index in [1.165, 1.54) is 0 Å². The Labute approximate surface area is 203 Å². The van der Waals surface area contributed by atoms with E-state index in [-0.39, 0.29) is 34.4 Å². The Hall–Kier alpha value is -0.763. The minimum absolute atomic E-state index is 0. The van der Waals surface area contributed by atoms with E-state index in [0.29, 0.717) is 66.7 Å². The molecule has 0 aliphatic carbocycles. The fraction of sp³-hybridized carbons (Fsp3) is 0.381. The van der Waals surface area contributed by atoms with Gasteiger partial charge in [0.1, 0.15) is 24.7 Å². The van der Waals surface area contributed by atoms with Gasteiger partial charge < -0.3 is 20.4 Å². The minimum Gasteiger partial charge on any atom is -1.00 e. The van der Waals surface area contributed by atoms with Gasteiger partial charge in [-0.05, 0) is 46.7 Å². The molecule has 160 valence electrons. The van der Waals surface area contributed by atoms with Crippen molar-refractivity contribution in [1.29, 1.82) is 0 Å². The molecule has 0 fully saturated rings. The average molecular weight is 467 g/mol. The summed E-state index contributed by atoms with van der Waals surface area (Å²) in [6, 6.07) is 10.4. The van der Waals surface area contributed by atoms with E-state index in [9.17, 15) is 4.79 Å². The summed E-state index contributed by atoms with van der Waals surface area (Å²) in [6.45, 7) is 6.87. The van der Waals surface area contributed by atoms with Crippen molar-refractivity contribution in [2.45, 2.75) is 13.8 Å². The first kappa shape index (κ1) is 27.3. The monoisotopic (exact) mass is 466 g/mol. The molecule has 0 aliphatic rings. The molecular formula is C21H26Cl2LiO5P. The van der Waals surface area contributed by atoms with Crippen LogP contribution in [0.5, 0.6) is 11.5 Å². The van der Waals surface area contributed by atoms with E-state index >= 15 is 0 Å². The molecule has 2 rings (SSSR count). The number of hydrogen-bond donors (Lipinski definition) is 0. The van der Waals surface area contributed by atoms with Crippen LogP contribution in [0.25, 0.3) is 0 Å². The van der Waals surface area contributed by atoms with Crippen molar-refractivity contribution in [3.63, 3.8) is 0 Å². The third-order valence-electron chi connectivity index (χ3n) is 3.78. The minimum atomic E-state index is -0.196. The van der Waals surface area contributed by atoms with Crippen molar-refractivity contribution < 1.29 is 44.0 Å². The summed E-state index contributed by atoms with van der Waals surface area (Å²) in [4.78, 5) is 12.8. The molecule has 0 aromatic heterocycles. The smallest absolute Gasteiger partial charge is 1.00 e. The Morgan fingerprint density at radius 3 is 2.13 bits per heavy atom. The van der Waals surface area contributed by atoms with E-state index in [4.69, 9.17) is 42.1 Å². The zero-order valence-electron chi connectivity index (χ0n) is 18.5. The Morgan fingerprint density at radius 2 is 1.53 bits per heavy atom. The molecule has 0 saturated heterocycles. The summed E-state index contributed by atoms with van der Waals surface area (Å²) in [5, 5.41) is 1.43. The van der Waals surface area contributed by atoms with Crippen molar-refractivity contribution in [2.75, 3.05) is 39.6 Å². The summed E-state index contributed by atoms with van der Waals surface area (Å²) in [5.74, 6) is 1.22. The summed E-state index contributed by atoms with van der Waals surface area (Å²) < 4.78 is 22.2. The number of hydrogen-bond acceptors (Lipinski definition) is 5. The van der Waals surface area contributed by atoms with Crippen LogP contribution in [-0.4, -0.2) is 45.2 Å². The van der Waals surface area contributed by atoms with Gasteiger partial charge in [-0.15, -0.1) is 0 Å². The fourth-order valence-electron chi connectivity index (χ4n) is 2.43. The van der Waals surface area contributed by atoms with E-state index in [0.717, 1.165) is 5.30 Å². The molecule has 9 heteroatoms. The first-order valence-electron chi connectivity index (χ1n) is 9.37. The van der Waals surface area contributed by atoms with Gasteiger partial charge in [0.15, 0.2) is 5.52 Å². The number of carbonyl (C=O) groups is 1. The molecule has 30 heavy (non-hydrogen) atoms. The van der Waals surface area contributed by atoms with Gasteiger partial charge in [0.25, 0.3) is 0 Å². The maximum absolute atomic E-state index is 12.8. The quantitative estimate of drug-likeness (QED) is 0.257. The molecule has 5 nitrogen and oxygen atoms in total. The third kappa shape index (κ3) is 8.77. The number of halogens is 2. The van der Waals surface area contributed by atoms with E-state index in [2.05, 4.69) is 0 Å². The Morgan fingerprint density at radius 1 is 0.933 bits per heavy atom. The predicted octanol–water partition coefficient (Wildman–Crippen LogP) is 2.08. The average Bonchev–Trinajstić information content (AvgIpc) is 2.70. The van der Waals surface area contributed by atoms with Crippen LogP contribution in [0.15, 0.2) is 36.4 Å². The second-order valence-electron chi connectivity index (χ2n) is 5.80. The van der Waals surface area contributed by atoms with Gasteiger partial charge in [0, 0.05) is 24.6 Å². The summed E-state index contributed by atoms with van der Waals surface area (Å²) in [7, 11) is -0.196. The number of rotatable bonds is 13. The van der Waals surface area contributed by atoms with E-state index < -0.39 is 0 Å². The third-order valence-corrected chi connectivity index (χ3v) is 5.57. The van der Waals surface area contributed by atoms with Crippen molar-refractivity contribution in [3.05, 3.63) is 52.0 Å². The fourth-order valence-corrected chi connectivity index (χ4v) is 4.23. The SMILES string of the molecule is CCOCCOc1ccc(PC(=O)c2c(Cl)cccc2Cl)c(OCCOCC)c1.[H-].[Li+]. The molecule has 1 unspecified atom stereocenters. The standard InChI is InChI=1S/C21H25Cl2O5P.Li.H/c1-3-25-10-12-27-15-8-9-19(18(14-15)28-13-11-26-4-2)29-21(24)20-16(22)6-5-7-17(20)23;;/h5-9,14,29H,3-4,10-13H2,1-2H3;;/q;+1;-1. The van der Waals surface area contributed by atoms with E-state index in [1.54, 1.807) is 24.3 Å². The van der Waals surface area contributed by atoms with Gasteiger partial charge in [0.05, 0.1) is 28.8 Å². The summed E-state index contributed by atoms with van der Waals surface area (Å²) in [6.07, 6.45) is 0. The second kappa shape index (κ2) is 15.1. The number of benzene rings is 2. The van der Waals surface area contributed by atoms with Crippen LogP contribution in [0.4, 0.5) is 0 Å². The van der Waals surface area contributed by atoms with Crippen molar-refractivity contribution in [2.24, 2.45) is 0 Å². The van der Waals surface area contributed by atoms with Crippen molar-refractivity contribution in [1.82, 2.24) is 0 Å². The molecule has 2 aromatic rings. The zero-order chi connectivity index (χ0) is 21.1. The number of carbonyl (C=O) groups excluding carboxylic acids is 1. The molecule has 1 atom stereocenters. The number of ether oxygens (including phenoxy) is 4. The predicted molar refractivity (Wildman–Crippen MR) is 120 cm³/mol. The first-order valence-corrected chi connectivity index (χ1v) is 11.1. The Kier molecular flexibility index (Phi) is 13.7. The molecule has 2 aromatic carbocycles. The molecular weight excluding hydrogens is 441 g/mol. The van der Waals surface area contributed by atoms with Crippen LogP contribution in [0.3, 0.4) is 0 Å². The Bertz CT molecular complexity index is 793. The first-order chi connectivity index (χ1) is 14.1. The van der Waals surface area contributed by atoms with Crippen molar-refractivity contribution >= 4 is 42.6 Å². The van der Waals surface area contributed by atoms with Crippen LogP contribution >= 0.6 is 31.8 Å². The maximum atomic E-state index is 12.8. The van der Waals surface area contributed by atoms with Crippen LogP contribution in [-0.2, 0) is 9.47 Å². The van der Waals surface area contributed by atoms with Gasteiger partial charge in [-0.3, -0.25) is 4.79 Å². The van der Waals surface area contributed by atoms with Gasteiger partial charge >= 0.3 is 18.9 Å². The maximum Gasteiger partial charge on any atom is 1.00 e. The van der Waals surface area contributed by atoms with Crippen LogP contribution in [0, 0.1) is 0 Å². The Balaban J connectivity index is 0.00000450. The van der Waals surface area contributed by atoms with Crippen LogP contribution < -0.4 is 33.6 Å². The summed E-state index contributed by atoms with van der Waals surface area (Å²) in [5.41, 5.74) is 0.173. The van der Waals surface area contributed by atoms with E-state index in [1.807, 2.05) is 26.0 Å². The second-order valence-corrected chi connectivity index (χ2v) is 7.86. The molecule has 0 aliphatic heterocycles. The normalized spacial score (nSPS) is 10.8. The topological polar surface area (TPSA) is 54.0 Å². The van der Waals surface area contributed by atoms with Gasteiger partial charge in [0.2, 0.25) is 0 Å². The van der Waals surface area contributed by atoms with Gasteiger partial charge in [-0.1, -0.05) is 29.3 Å². The molecule has 0 N–H and O–H groups in total. The molecule has 0 saturated carbocycles. The molecule has 0 bridgehead atoms. The van der Waals surface area contributed by atoms with Crippen LogP contribution in [0.2, 0.25) is 10.0 Å². The molecule has 0 spiro atoms. The molecule has 0 heterocycles. The van der Waals surface area contributed by atoms with Gasteiger partial charge in [-0.2, -0.15) is 0 Å². The zero-order valence-corrected chi connectivity index (χ0v) is 20.0. The molecule has 0 radical (unpaired) electrons. The van der Waals surface area contributed by atoms with Crippen LogP contribution in [0.1, 0.15) is 25.6 Å². The largest absolute Gasteiger partial charge is 1.00 e. The molecule has 0 amide bonds.